The van der Waals surface area contributed by atoms with Crippen LogP contribution in [0.3, 0.4) is 0 Å². The van der Waals surface area contributed by atoms with Crippen LogP contribution in [-0.2, 0) is 9.59 Å². The van der Waals surface area contributed by atoms with Crippen LogP contribution in [0, 0.1) is 28.6 Å². The fourth-order valence-electron chi connectivity index (χ4n) is 7.24. The van der Waals surface area contributed by atoms with E-state index in [4.69, 9.17) is 5.11 Å². The van der Waals surface area contributed by atoms with Crippen LogP contribution in [-0.4, -0.2) is 28.1 Å². The van der Waals surface area contributed by atoms with Crippen LogP contribution >= 0.6 is 0 Å². The Morgan fingerprint density at radius 3 is 2.74 bits per heavy atom. The number of allylic oxidation sites excluding steroid dienone is 3. The number of aliphatic hydroxyl groups excluding tert-OH is 1. The molecule has 0 amide bonds. The number of aliphatic carboxylic acids is 1. The number of carbonyl (C=O) groups is 2. The summed E-state index contributed by atoms with van der Waals surface area (Å²) < 4.78 is 0. The van der Waals surface area contributed by atoms with Gasteiger partial charge in [-0.1, -0.05) is 31.1 Å². The minimum atomic E-state index is -0.748. The number of fused-ring (bicyclic) bond motifs is 5. The topological polar surface area (TPSA) is 74.6 Å². The van der Waals surface area contributed by atoms with Crippen molar-refractivity contribution in [2.75, 3.05) is 0 Å². The summed E-state index contributed by atoms with van der Waals surface area (Å²) in [6.07, 6.45) is 10.9. The number of hydrogen-bond donors (Lipinski definition) is 2. The maximum absolute atomic E-state index is 11.9. The van der Waals surface area contributed by atoms with E-state index < -0.39 is 5.97 Å². The highest BCUT2D eigenvalue weighted by atomic mass is 16.4. The van der Waals surface area contributed by atoms with Gasteiger partial charge in [0.25, 0.3) is 0 Å². The van der Waals surface area contributed by atoms with Gasteiger partial charge in [-0.25, -0.2) is 0 Å². The van der Waals surface area contributed by atoms with E-state index in [-0.39, 0.29) is 35.1 Å². The number of rotatable bonds is 3. The summed E-state index contributed by atoms with van der Waals surface area (Å²) in [5.41, 5.74) is 2.61. The Morgan fingerprint density at radius 1 is 1.22 bits per heavy atom. The third-order valence-electron chi connectivity index (χ3n) is 8.49. The maximum atomic E-state index is 11.9. The average Bonchev–Trinajstić information content (AvgIpc) is 2.91. The van der Waals surface area contributed by atoms with Crippen molar-refractivity contribution >= 4 is 11.8 Å². The minimum absolute atomic E-state index is 0.00114. The second-order valence-corrected chi connectivity index (χ2v) is 9.78. The van der Waals surface area contributed by atoms with Crippen molar-refractivity contribution in [2.45, 2.75) is 77.7 Å². The highest BCUT2D eigenvalue weighted by molar-refractivity contribution is 5.91. The number of hydrogen-bond acceptors (Lipinski definition) is 3. The second-order valence-electron chi connectivity index (χ2n) is 9.78. The number of carboxylic acid groups (broad SMARTS) is 1. The van der Waals surface area contributed by atoms with Crippen molar-refractivity contribution in [3.8, 4) is 0 Å². The minimum Gasteiger partial charge on any atom is -0.481 e. The summed E-state index contributed by atoms with van der Waals surface area (Å²) in [5.74, 6) is 0.821. The molecule has 4 rings (SSSR count). The Bertz CT molecular complexity index is 720. The van der Waals surface area contributed by atoms with E-state index >= 15 is 0 Å². The van der Waals surface area contributed by atoms with Gasteiger partial charge in [0, 0.05) is 12.8 Å². The lowest BCUT2D eigenvalue weighted by Crippen LogP contribution is -2.55. The molecule has 4 aliphatic carbocycles. The first-order chi connectivity index (χ1) is 12.8. The molecular formula is C23H32O4. The van der Waals surface area contributed by atoms with Gasteiger partial charge < -0.3 is 10.2 Å². The molecule has 0 saturated heterocycles. The van der Waals surface area contributed by atoms with Gasteiger partial charge in [-0.3, -0.25) is 9.59 Å². The van der Waals surface area contributed by atoms with Crippen molar-refractivity contribution in [2.24, 2.45) is 28.6 Å². The Labute approximate surface area is 161 Å². The number of carboxylic acids is 1. The molecule has 27 heavy (non-hydrogen) atoms. The molecule has 0 bridgehead atoms. The zero-order valence-corrected chi connectivity index (χ0v) is 16.5. The smallest absolute Gasteiger partial charge is 0.303 e. The SMILES string of the molecule is C[C@]12CCC(=O)C=C1CC[C@@H]1[C@@H]2[C@@H](O)C[C@]2(C)C(=CCCC(=O)O)CC[C@@H]12. The lowest BCUT2D eigenvalue weighted by molar-refractivity contribution is -0.136. The molecular weight excluding hydrogens is 340 g/mol. The van der Waals surface area contributed by atoms with Gasteiger partial charge >= 0.3 is 5.97 Å². The monoisotopic (exact) mass is 372 g/mol. The van der Waals surface area contributed by atoms with Gasteiger partial charge in [0.15, 0.2) is 5.78 Å². The summed E-state index contributed by atoms with van der Waals surface area (Å²) >= 11 is 0. The molecule has 0 spiro atoms. The van der Waals surface area contributed by atoms with E-state index in [9.17, 15) is 14.7 Å². The highest BCUT2D eigenvalue weighted by Gasteiger charge is 2.60. The van der Waals surface area contributed by atoms with Crippen LogP contribution in [0.5, 0.6) is 0 Å². The molecule has 148 valence electrons. The maximum Gasteiger partial charge on any atom is 0.303 e. The number of carbonyl (C=O) groups excluding carboxylic acids is 1. The fourth-order valence-corrected chi connectivity index (χ4v) is 7.24. The summed E-state index contributed by atoms with van der Waals surface area (Å²) in [4.78, 5) is 22.8. The predicted octanol–water partition coefficient (Wildman–Crippen LogP) is 4.28. The highest BCUT2D eigenvalue weighted by Crippen LogP contribution is 2.66. The van der Waals surface area contributed by atoms with Gasteiger partial charge in [-0.2, -0.15) is 0 Å². The second kappa shape index (κ2) is 6.58. The lowest BCUT2D eigenvalue weighted by atomic mass is 9.46. The molecule has 0 aromatic heterocycles. The zero-order chi connectivity index (χ0) is 19.4. The van der Waals surface area contributed by atoms with Crippen LogP contribution in [0.1, 0.15) is 71.6 Å². The molecule has 4 aliphatic rings. The molecule has 0 heterocycles. The fraction of sp³-hybridized carbons (Fsp3) is 0.739. The molecule has 6 atom stereocenters. The number of aliphatic hydroxyl groups is 1. The van der Waals surface area contributed by atoms with Gasteiger partial charge in [-0.15, -0.1) is 0 Å². The molecule has 3 saturated carbocycles. The average molecular weight is 373 g/mol. The first-order valence-corrected chi connectivity index (χ1v) is 10.6. The molecule has 3 fully saturated rings. The van der Waals surface area contributed by atoms with Crippen LogP contribution in [0.4, 0.5) is 0 Å². The van der Waals surface area contributed by atoms with Gasteiger partial charge in [-0.05, 0) is 79.6 Å². The predicted molar refractivity (Wildman–Crippen MR) is 103 cm³/mol. The first kappa shape index (κ1) is 18.9. The Balaban J connectivity index is 1.63. The Morgan fingerprint density at radius 2 is 2.00 bits per heavy atom. The van der Waals surface area contributed by atoms with Crippen molar-refractivity contribution in [3.05, 3.63) is 23.3 Å². The molecule has 0 radical (unpaired) electrons. The molecule has 0 unspecified atom stereocenters. The summed E-state index contributed by atoms with van der Waals surface area (Å²) in [5, 5.41) is 20.2. The summed E-state index contributed by atoms with van der Waals surface area (Å²) in [6.45, 7) is 4.58. The molecule has 2 N–H and O–H groups in total. The Kier molecular flexibility index (Phi) is 4.61. The summed E-state index contributed by atoms with van der Waals surface area (Å²) in [7, 11) is 0. The van der Waals surface area contributed by atoms with E-state index in [1.54, 1.807) is 0 Å². The van der Waals surface area contributed by atoms with Gasteiger partial charge in [0.1, 0.15) is 0 Å². The van der Waals surface area contributed by atoms with E-state index in [1.807, 2.05) is 6.08 Å². The van der Waals surface area contributed by atoms with Crippen molar-refractivity contribution < 1.29 is 19.8 Å². The van der Waals surface area contributed by atoms with E-state index in [2.05, 4.69) is 19.9 Å². The number of ketones is 1. The van der Waals surface area contributed by atoms with Crippen LogP contribution < -0.4 is 0 Å². The third kappa shape index (κ3) is 2.91. The summed E-state index contributed by atoms with van der Waals surface area (Å²) in [6, 6.07) is 0. The van der Waals surface area contributed by atoms with Gasteiger partial charge in [0.2, 0.25) is 0 Å². The van der Waals surface area contributed by atoms with Crippen LogP contribution in [0.2, 0.25) is 0 Å². The van der Waals surface area contributed by atoms with Crippen molar-refractivity contribution in [3.63, 3.8) is 0 Å². The van der Waals surface area contributed by atoms with Gasteiger partial charge in [0.05, 0.1) is 6.10 Å². The van der Waals surface area contributed by atoms with Crippen LogP contribution in [0.25, 0.3) is 0 Å². The molecule has 4 nitrogen and oxygen atoms in total. The Hall–Kier alpha value is -1.42. The third-order valence-corrected chi connectivity index (χ3v) is 8.49. The quantitative estimate of drug-likeness (QED) is 0.725. The largest absolute Gasteiger partial charge is 0.481 e. The first-order valence-electron chi connectivity index (χ1n) is 10.6. The van der Waals surface area contributed by atoms with E-state index in [1.165, 1.54) is 11.1 Å². The molecule has 0 aromatic rings. The zero-order valence-electron chi connectivity index (χ0n) is 16.5. The molecule has 0 aromatic carbocycles. The molecule has 0 aliphatic heterocycles. The van der Waals surface area contributed by atoms with Crippen LogP contribution in [0.15, 0.2) is 23.3 Å². The molecule has 4 heteroatoms. The van der Waals surface area contributed by atoms with Crippen molar-refractivity contribution in [1.29, 1.82) is 0 Å². The standard InChI is InChI=1S/C23H32O4/c1-22-11-10-16(24)12-15(22)6-8-17-18-9-7-14(4-3-5-20(26)27)23(18,2)13-19(25)21(17)22/h4,12,17-19,21,25H,3,5-11,13H2,1-2H3,(H,26,27)/t17-,18-,19-,21+,22-,23+/m0/s1. The normalized spacial score (nSPS) is 45.1. The van der Waals surface area contributed by atoms with E-state index in [0.717, 1.165) is 38.5 Å². The van der Waals surface area contributed by atoms with Crippen molar-refractivity contribution in [1.82, 2.24) is 0 Å². The lowest BCUT2D eigenvalue weighted by Gasteiger charge is -2.59. The van der Waals surface area contributed by atoms with E-state index in [0.29, 0.717) is 24.7 Å².